The van der Waals surface area contributed by atoms with Gasteiger partial charge in [0.1, 0.15) is 0 Å². The molecule has 0 bridgehead atoms. The fourth-order valence-corrected chi connectivity index (χ4v) is 2.22. The van der Waals surface area contributed by atoms with Gasteiger partial charge in [0.2, 0.25) is 0 Å². The minimum atomic E-state index is -0.0330. The molecule has 0 aliphatic carbocycles. The molecule has 1 N–H and O–H groups in total. The zero-order valence-corrected chi connectivity index (χ0v) is 13.0. The molecule has 0 atom stereocenters. The molecule has 0 unspecified atom stereocenters. The highest BCUT2D eigenvalue weighted by Crippen LogP contribution is 2.16. The first-order valence-electron chi connectivity index (χ1n) is 7.54. The van der Waals surface area contributed by atoms with E-state index in [1.165, 1.54) is 0 Å². The molecule has 0 radical (unpaired) electrons. The molecule has 112 valence electrons. The Morgan fingerprint density at radius 3 is 2.62 bits per heavy atom. The van der Waals surface area contributed by atoms with Crippen molar-refractivity contribution in [1.82, 2.24) is 15.1 Å². The van der Waals surface area contributed by atoms with E-state index in [1.54, 1.807) is 6.20 Å². The van der Waals surface area contributed by atoms with E-state index in [2.05, 4.69) is 31.2 Å². The predicted octanol–water partition coefficient (Wildman–Crippen LogP) is 3.21. The number of benzene rings is 1. The third-order valence-electron chi connectivity index (χ3n) is 3.27. The molecule has 1 heterocycles. The SMILES string of the molecule is CCCc1c(C(=O)NCC(C)C)cnn1-c1ccccc1. The maximum atomic E-state index is 12.3. The van der Waals surface area contributed by atoms with E-state index < -0.39 is 0 Å². The van der Waals surface area contributed by atoms with E-state index in [0.29, 0.717) is 18.0 Å². The van der Waals surface area contributed by atoms with Crippen molar-refractivity contribution in [1.29, 1.82) is 0 Å². The Balaban J connectivity index is 2.31. The molecular formula is C17H23N3O. The fourth-order valence-electron chi connectivity index (χ4n) is 2.22. The van der Waals surface area contributed by atoms with Crippen LogP contribution in [0.25, 0.3) is 5.69 Å². The van der Waals surface area contributed by atoms with Crippen LogP contribution < -0.4 is 5.32 Å². The highest BCUT2D eigenvalue weighted by molar-refractivity contribution is 5.95. The molecule has 4 nitrogen and oxygen atoms in total. The lowest BCUT2D eigenvalue weighted by Gasteiger charge is -2.10. The second-order valence-corrected chi connectivity index (χ2v) is 5.61. The summed E-state index contributed by atoms with van der Waals surface area (Å²) in [6.45, 7) is 6.96. The number of nitrogens with zero attached hydrogens (tertiary/aromatic N) is 2. The van der Waals surface area contributed by atoms with Gasteiger partial charge in [-0.05, 0) is 24.5 Å². The van der Waals surface area contributed by atoms with Gasteiger partial charge in [-0.15, -0.1) is 0 Å². The Kier molecular flexibility index (Phi) is 5.14. The van der Waals surface area contributed by atoms with Crippen molar-refractivity contribution >= 4 is 5.91 Å². The van der Waals surface area contributed by atoms with Crippen molar-refractivity contribution in [3.63, 3.8) is 0 Å². The number of hydrogen-bond donors (Lipinski definition) is 1. The van der Waals surface area contributed by atoms with Crippen molar-refractivity contribution in [2.45, 2.75) is 33.6 Å². The zero-order chi connectivity index (χ0) is 15.2. The van der Waals surface area contributed by atoms with Gasteiger partial charge in [-0.3, -0.25) is 4.79 Å². The number of nitrogens with one attached hydrogen (secondary N) is 1. The summed E-state index contributed by atoms with van der Waals surface area (Å²) in [5, 5.41) is 7.38. The lowest BCUT2D eigenvalue weighted by atomic mass is 10.1. The molecule has 4 heteroatoms. The number of carbonyl (C=O) groups is 1. The first kappa shape index (κ1) is 15.3. The molecule has 1 aromatic heterocycles. The van der Waals surface area contributed by atoms with E-state index in [9.17, 15) is 4.79 Å². The first-order chi connectivity index (χ1) is 10.1. The van der Waals surface area contributed by atoms with E-state index in [-0.39, 0.29) is 5.91 Å². The van der Waals surface area contributed by atoms with Crippen LogP contribution in [-0.4, -0.2) is 22.2 Å². The van der Waals surface area contributed by atoms with Gasteiger partial charge >= 0.3 is 0 Å². The maximum absolute atomic E-state index is 12.3. The monoisotopic (exact) mass is 285 g/mol. The number of hydrogen-bond acceptors (Lipinski definition) is 2. The lowest BCUT2D eigenvalue weighted by Crippen LogP contribution is -2.28. The van der Waals surface area contributed by atoms with Crippen molar-refractivity contribution < 1.29 is 4.79 Å². The summed E-state index contributed by atoms with van der Waals surface area (Å²) in [4.78, 5) is 12.3. The number of rotatable bonds is 6. The molecule has 0 fully saturated rings. The second-order valence-electron chi connectivity index (χ2n) is 5.61. The van der Waals surface area contributed by atoms with Crippen LogP contribution in [0.15, 0.2) is 36.5 Å². The zero-order valence-electron chi connectivity index (χ0n) is 13.0. The summed E-state index contributed by atoms with van der Waals surface area (Å²) < 4.78 is 1.87. The molecular weight excluding hydrogens is 262 g/mol. The number of carbonyl (C=O) groups excluding carboxylic acids is 1. The predicted molar refractivity (Wildman–Crippen MR) is 84.7 cm³/mol. The minimum absolute atomic E-state index is 0.0330. The van der Waals surface area contributed by atoms with Crippen LogP contribution in [0.5, 0.6) is 0 Å². The number of amides is 1. The third-order valence-corrected chi connectivity index (χ3v) is 3.27. The van der Waals surface area contributed by atoms with Crippen LogP contribution in [-0.2, 0) is 6.42 Å². The average Bonchev–Trinajstić information content (AvgIpc) is 2.90. The van der Waals surface area contributed by atoms with Crippen LogP contribution in [0.2, 0.25) is 0 Å². The van der Waals surface area contributed by atoms with Crippen LogP contribution >= 0.6 is 0 Å². The van der Waals surface area contributed by atoms with Crippen LogP contribution in [0.4, 0.5) is 0 Å². The Morgan fingerprint density at radius 2 is 2.00 bits per heavy atom. The summed E-state index contributed by atoms with van der Waals surface area (Å²) in [6.07, 6.45) is 3.48. The van der Waals surface area contributed by atoms with E-state index in [4.69, 9.17) is 0 Å². The van der Waals surface area contributed by atoms with Crippen molar-refractivity contribution in [2.75, 3.05) is 6.54 Å². The van der Waals surface area contributed by atoms with Gasteiger partial charge in [0.05, 0.1) is 23.1 Å². The largest absolute Gasteiger partial charge is 0.352 e. The molecule has 1 amide bonds. The number of aromatic nitrogens is 2. The summed E-state index contributed by atoms with van der Waals surface area (Å²) in [5.41, 5.74) is 2.65. The van der Waals surface area contributed by atoms with Gasteiger partial charge in [0, 0.05) is 6.54 Å². The molecule has 1 aromatic carbocycles. The van der Waals surface area contributed by atoms with E-state index >= 15 is 0 Å². The van der Waals surface area contributed by atoms with Crippen LogP contribution in [0, 0.1) is 5.92 Å². The average molecular weight is 285 g/mol. The minimum Gasteiger partial charge on any atom is -0.352 e. The molecule has 0 spiro atoms. The van der Waals surface area contributed by atoms with Gasteiger partial charge in [0.25, 0.3) is 5.91 Å². The van der Waals surface area contributed by atoms with Gasteiger partial charge in [-0.2, -0.15) is 5.10 Å². The quantitative estimate of drug-likeness (QED) is 0.886. The highest BCUT2D eigenvalue weighted by Gasteiger charge is 2.17. The van der Waals surface area contributed by atoms with Gasteiger partial charge in [-0.1, -0.05) is 45.4 Å². The van der Waals surface area contributed by atoms with Crippen molar-refractivity contribution in [3.05, 3.63) is 47.8 Å². The number of para-hydroxylation sites is 1. The summed E-state index contributed by atoms with van der Waals surface area (Å²) in [5.74, 6) is 0.405. The van der Waals surface area contributed by atoms with Crippen molar-refractivity contribution in [2.24, 2.45) is 5.92 Å². The molecule has 2 rings (SSSR count). The molecule has 0 saturated carbocycles. The normalized spacial score (nSPS) is 10.9. The Hall–Kier alpha value is -2.10. The van der Waals surface area contributed by atoms with E-state index in [1.807, 2.05) is 35.0 Å². The molecule has 2 aromatic rings. The van der Waals surface area contributed by atoms with Crippen molar-refractivity contribution in [3.8, 4) is 5.69 Å². The first-order valence-corrected chi connectivity index (χ1v) is 7.54. The second kappa shape index (κ2) is 7.07. The van der Waals surface area contributed by atoms with Gasteiger partial charge in [0.15, 0.2) is 0 Å². The van der Waals surface area contributed by atoms with Crippen LogP contribution in [0.1, 0.15) is 43.2 Å². The Bertz CT molecular complexity index is 587. The maximum Gasteiger partial charge on any atom is 0.254 e. The summed E-state index contributed by atoms with van der Waals surface area (Å²) in [7, 11) is 0. The smallest absolute Gasteiger partial charge is 0.254 e. The highest BCUT2D eigenvalue weighted by atomic mass is 16.1. The Morgan fingerprint density at radius 1 is 1.29 bits per heavy atom. The molecule has 0 saturated heterocycles. The summed E-state index contributed by atoms with van der Waals surface area (Å²) >= 11 is 0. The fraction of sp³-hybridized carbons (Fsp3) is 0.412. The van der Waals surface area contributed by atoms with Gasteiger partial charge in [-0.25, -0.2) is 4.68 Å². The molecule has 0 aliphatic rings. The lowest BCUT2D eigenvalue weighted by molar-refractivity contribution is 0.0948. The molecule has 0 aliphatic heterocycles. The van der Waals surface area contributed by atoms with Gasteiger partial charge < -0.3 is 5.32 Å². The third kappa shape index (κ3) is 3.72. The van der Waals surface area contributed by atoms with Crippen LogP contribution in [0.3, 0.4) is 0 Å². The van der Waals surface area contributed by atoms with E-state index in [0.717, 1.165) is 24.2 Å². The summed E-state index contributed by atoms with van der Waals surface area (Å²) in [6, 6.07) is 9.93. The standard InChI is InChI=1S/C17H23N3O/c1-4-8-16-15(17(21)18-11-13(2)3)12-19-20(16)14-9-6-5-7-10-14/h5-7,9-10,12-13H,4,8,11H2,1-3H3,(H,18,21). The molecule has 21 heavy (non-hydrogen) atoms. The topological polar surface area (TPSA) is 46.9 Å². The Labute approximate surface area is 126 Å².